The van der Waals surface area contributed by atoms with Crippen LogP contribution in [0.25, 0.3) is 0 Å². The second-order valence-corrected chi connectivity index (χ2v) is 6.62. The van der Waals surface area contributed by atoms with E-state index in [1.54, 1.807) is 0 Å². The summed E-state index contributed by atoms with van der Waals surface area (Å²) in [6.45, 7) is 7.18. The molecule has 0 atom stereocenters. The van der Waals surface area contributed by atoms with Gasteiger partial charge < -0.3 is 15.2 Å². The van der Waals surface area contributed by atoms with Gasteiger partial charge in [0.15, 0.2) is 5.96 Å². The van der Waals surface area contributed by atoms with E-state index in [1.165, 1.54) is 11.1 Å². The summed E-state index contributed by atoms with van der Waals surface area (Å²) in [6, 6.07) is 14.5. The average Bonchev–Trinajstić information content (AvgIpc) is 3.12. The van der Waals surface area contributed by atoms with Crippen molar-refractivity contribution in [2.24, 2.45) is 4.99 Å². The fourth-order valence-corrected chi connectivity index (χ4v) is 2.96. The van der Waals surface area contributed by atoms with Crippen LogP contribution in [0.5, 0.6) is 0 Å². The van der Waals surface area contributed by atoms with E-state index < -0.39 is 0 Å². The minimum absolute atomic E-state index is 0.635. The quantitative estimate of drug-likeness (QED) is 0.469. The van der Waals surface area contributed by atoms with E-state index >= 15 is 0 Å². The van der Waals surface area contributed by atoms with E-state index in [9.17, 15) is 0 Å². The van der Waals surface area contributed by atoms with Crippen LogP contribution in [0.15, 0.2) is 66.0 Å². The van der Waals surface area contributed by atoms with Gasteiger partial charge in [0.05, 0.1) is 6.54 Å². The Morgan fingerprint density at radius 2 is 1.93 bits per heavy atom. The molecule has 3 rings (SSSR count). The number of aromatic nitrogens is 3. The van der Waals surface area contributed by atoms with Crippen LogP contribution in [0.2, 0.25) is 0 Å². The Morgan fingerprint density at radius 3 is 2.68 bits per heavy atom. The van der Waals surface area contributed by atoms with Crippen LogP contribution in [0.3, 0.4) is 0 Å². The second kappa shape index (κ2) is 10.3. The Labute approximate surface area is 166 Å². The van der Waals surface area contributed by atoms with Gasteiger partial charge in [-0.25, -0.2) is 9.98 Å². The summed E-state index contributed by atoms with van der Waals surface area (Å²) in [6.07, 6.45) is 6.54. The molecule has 28 heavy (non-hydrogen) atoms. The number of hydrogen-bond donors (Lipinski definition) is 2. The molecule has 0 spiro atoms. The lowest BCUT2D eigenvalue weighted by atomic mass is 10.1. The van der Waals surface area contributed by atoms with Gasteiger partial charge in [-0.3, -0.25) is 4.98 Å². The smallest absolute Gasteiger partial charge is 0.191 e. The molecule has 6 heteroatoms. The number of nitrogens with zero attached hydrogens (tertiary/aromatic N) is 4. The molecule has 0 saturated heterocycles. The first kappa shape index (κ1) is 19.6. The molecule has 0 unspecified atom stereocenters. The van der Waals surface area contributed by atoms with Gasteiger partial charge in [-0.15, -0.1) is 0 Å². The molecule has 0 radical (unpaired) electrons. The molecule has 0 fully saturated rings. The number of benzene rings is 1. The van der Waals surface area contributed by atoms with Gasteiger partial charge in [0, 0.05) is 50.3 Å². The van der Waals surface area contributed by atoms with Gasteiger partial charge in [-0.05, 0) is 37.1 Å². The van der Waals surface area contributed by atoms with Crippen LogP contribution in [0.1, 0.15) is 29.6 Å². The summed E-state index contributed by atoms with van der Waals surface area (Å²) in [7, 11) is 0. The summed E-state index contributed by atoms with van der Waals surface area (Å²) in [4.78, 5) is 13.4. The minimum Gasteiger partial charge on any atom is -0.357 e. The van der Waals surface area contributed by atoms with Crippen LogP contribution < -0.4 is 10.6 Å². The molecule has 2 heterocycles. The summed E-state index contributed by atoms with van der Waals surface area (Å²) >= 11 is 0. The topological polar surface area (TPSA) is 67.1 Å². The van der Waals surface area contributed by atoms with E-state index in [4.69, 9.17) is 4.99 Å². The van der Waals surface area contributed by atoms with Gasteiger partial charge in [0.2, 0.25) is 0 Å². The molecule has 6 nitrogen and oxygen atoms in total. The predicted octanol–water partition coefficient (Wildman–Crippen LogP) is 2.93. The Balaban J connectivity index is 1.57. The van der Waals surface area contributed by atoms with E-state index in [0.29, 0.717) is 6.54 Å². The molecule has 0 aliphatic heterocycles. The number of aliphatic imine (C=N–C) groups is 1. The molecule has 0 saturated carbocycles. The highest BCUT2D eigenvalue weighted by Gasteiger charge is 2.02. The number of aryl methyl sites for hydroxylation is 1. The number of rotatable bonds is 8. The lowest BCUT2D eigenvalue weighted by Gasteiger charge is -2.11. The average molecular weight is 377 g/mol. The van der Waals surface area contributed by atoms with Crippen molar-refractivity contribution in [3.05, 3.63) is 83.7 Å². The summed E-state index contributed by atoms with van der Waals surface area (Å²) < 4.78 is 2.14. The van der Waals surface area contributed by atoms with Crippen LogP contribution in [0, 0.1) is 6.92 Å². The maximum Gasteiger partial charge on any atom is 0.191 e. The van der Waals surface area contributed by atoms with Gasteiger partial charge in [0.1, 0.15) is 5.82 Å². The molecule has 0 amide bonds. The molecular formula is C22H28N6. The highest BCUT2D eigenvalue weighted by Crippen LogP contribution is 2.09. The zero-order valence-corrected chi connectivity index (χ0v) is 16.6. The van der Waals surface area contributed by atoms with Crippen LogP contribution in [-0.2, 0) is 19.5 Å². The lowest BCUT2D eigenvalue weighted by Crippen LogP contribution is -2.38. The van der Waals surface area contributed by atoms with Crippen molar-refractivity contribution < 1.29 is 0 Å². The van der Waals surface area contributed by atoms with Crippen LogP contribution in [-0.4, -0.2) is 33.6 Å². The highest BCUT2D eigenvalue weighted by atomic mass is 15.2. The zero-order valence-electron chi connectivity index (χ0n) is 16.6. The molecule has 0 bridgehead atoms. The second-order valence-electron chi connectivity index (χ2n) is 6.62. The minimum atomic E-state index is 0.635. The molecule has 3 aromatic rings. The summed E-state index contributed by atoms with van der Waals surface area (Å²) in [5, 5.41) is 6.69. The first-order chi connectivity index (χ1) is 13.7. The zero-order chi connectivity index (χ0) is 19.6. The van der Waals surface area contributed by atoms with Gasteiger partial charge in [-0.2, -0.15) is 0 Å². The molecule has 2 aromatic heterocycles. The first-order valence-corrected chi connectivity index (χ1v) is 9.72. The van der Waals surface area contributed by atoms with Crippen molar-refractivity contribution in [3.63, 3.8) is 0 Å². The van der Waals surface area contributed by atoms with Crippen molar-refractivity contribution in [1.29, 1.82) is 0 Å². The Bertz CT molecular complexity index is 885. The highest BCUT2D eigenvalue weighted by molar-refractivity contribution is 5.79. The van der Waals surface area contributed by atoms with Crippen LogP contribution >= 0.6 is 0 Å². The maximum absolute atomic E-state index is 4.73. The molecular weight excluding hydrogens is 348 g/mol. The summed E-state index contributed by atoms with van der Waals surface area (Å²) in [5.74, 6) is 1.85. The van der Waals surface area contributed by atoms with Crippen molar-refractivity contribution >= 4 is 5.96 Å². The first-order valence-electron chi connectivity index (χ1n) is 9.72. The lowest BCUT2D eigenvalue weighted by molar-refractivity contribution is 0.759. The van der Waals surface area contributed by atoms with Gasteiger partial charge in [-0.1, -0.05) is 30.3 Å². The number of nitrogens with one attached hydrogen (secondary N) is 2. The normalized spacial score (nSPS) is 11.4. The van der Waals surface area contributed by atoms with Gasteiger partial charge >= 0.3 is 0 Å². The van der Waals surface area contributed by atoms with E-state index in [-0.39, 0.29) is 0 Å². The fraction of sp³-hybridized carbons (Fsp3) is 0.318. The maximum atomic E-state index is 4.73. The number of imidazole rings is 1. The summed E-state index contributed by atoms with van der Waals surface area (Å²) in [5.41, 5.74) is 3.52. The molecule has 146 valence electrons. The Kier molecular flexibility index (Phi) is 7.18. The Morgan fingerprint density at radius 1 is 1.04 bits per heavy atom. The largest absolute Gasteiger partial charge is 0.357 e. The van der Waals surface area contributed by atoms with E-state index in [1.807, 2.05) is 43.7 Å². The van der Waals surface area contributed by atoms with Crippen molar-refractivity contribution in [2.75, 3.05) is 13.1 Å². The number of pyridine rings is 1. The number of guanidine groups is 1. The van der Waals surface area contributed by atoms with Crippen LogP contribution in [0.4, 0.5) is 0 Å². The van der Waals surface area contributed by atoms with E-state index in [0.717, 1.165) is 43.5 Å². The SMILES string of the molecule is CCNC(=NCc1cccc(Cn2ccnc2C)c1)NCCc1ccccn1. The molecule has 1 aromatic carbocycles. The monoisotopic (exact) mass is 376 g/mol. The fourth-order valence-electron chi connectivity index (χ4n) is 2.96. The third-order valence-corrected chi connectivity index (χ3v) is 4.43. The van der Waals surface area contributed by atoms with E-state index in [2.05, 4.69) is 56.4 Å². The van der Waals surface area contributed by atoms with Crippen molar-refractivity contribution in [3.8, 4) is 0 Å². The Hall–Kier alpha value is -3.15. The third kappa shape index (κ3) is 5.94. The van der Waals surface area contributed by atoms with Gasteiger partial charge in [0.25, 0.3) is 0 Å². The number of hydrogen-bond acceptors (Lipinski definition) is 3. The predicted molar refractivity (Wildman–Crippen MR) is 113 cm³/mol. The molecule has 2 N–H and O–H groups in total. The van der Waals surface area contributed by atoms with Crippen molar-refractivity contribution in [2.45, 2.75) is 33.4 Å². The van der Waals surface area contributed by atoms with Crippen molar-refractivity contribution in [1.82, 2.24) is 25.2 Å². The standard InChI is InChI=1S/C22H28N6/c1-3-23-22(26-12-10-21-9-4-5-11-25-21)27-16-19-7-6-8-20(15-19)17-28-14-13-24-18(28)2/h4-9,11,13-15H,3,10,12,16-17H2,1-2H3,(H2,23,26,27). The molecule has 0 aliphatic rings. The molecule has 0 aliphatic carbocycles. The third-order valence-electron chi connectivity index (χ3n) is 4.43.